The van der Waals surface area contributed by atoms with Crippen molar-refractivity contribution in [2.45, 2.75) is 13.1 Å². The Balaban J connectivity index is 1.90. The van der Waals surface area contributed by atoms with Crippen LogP contribution in [0, 0.1) is 15.9 Å². The van der Waals surface area contributed by atoms with E-state index in [0.29, 0.717) is 19.0 Å². The molecule has 0 unspecified atom stereocenters. The Hall–Kier alpha value is -2.96. The Bertz CT molecular complexity index is 719. The molecule has 0 saturated carbocycles. The van der Waals surface area contributed by atoms with Gasteiger partial charge >= 0.3 is 0 Å². The minimum Gasteiger partial charge on any atom is -0.352 e. The second-order valence-corrected chi connectivity index (χ2v) is 4.84. The molecule has 6 nitrogen and oxygen atoms in total. The molecule has 0 bridgehead atoms. The Morgan fingerprint density at radius 3 is 2.30 bits per heavy atom. The third-order valence-electron chi connectivity index (χ3n) is 3.15. The van der Waals surface area contributed by atoms with Crippen LogP contribution in [0.3, 0.4) is 0 Å². The zero-order valence-corrected chi connectivity index (χ0v) is 12.6. The molecule has 2 rings (SSSR count). The fourth-order valence-corrected chi connectivity index (χ4v) is 2.02. The molecule has 0 radical (unpaired) electrons. The third-order valence-corrected chi connectivity index (χ3v) is 3.15. The number of hydrogen-bond acceptors (Lipinski definition) is 3. The maximum absolute atomic E-state index is 13.1. The molecule has 23 heavy (non-hydrogen) atoms. The quantitative estimate of drug-likeness (QED) is 0.384. The lowest BCUT2D eigenvalue weighted by Crippen LogP contribution is -2.36. The summed E-state index contributed by atoms with van der Waals surface area (Å²) in [5, 5.41) is 16.9. The van der Waals surface area contributed by atoms with Gasteiger partial charge in [-0.25, -0.2) is 4.39 Å². The monoisotopic (exact) mass is 316 g/mol. The molecule has 0 amide bonds. The van der Waals surface area contributed by atoms with E-state index < -0.39 is 4.92 Å². The second-order valence-electron chi connectivity index (χ2n) is 4.84. The van der Waals surface area contributed by atoms with Gasteiger partial charge in [-0.1, -0.05) is 24.3 Å². The molecule has 2 aromatic rings. The van der Waals surface area contributed by atoms with E-state index in [9.17, 15) is 14.5 Å². The molecule has 0 aliphatic heterocycles. The Morgan fingerprint density at radius 2 is 1.74 bits per heavy atom. The van der Waals surface area contributed by atoms with E-state index in [1.54, 1.807) is 25.2 Å². The number of nitro groups is 1. The summed E-state index contributed by atoms with van der Waals surface area (Å²) in [5.74, 6) is 0.240. The molecule has 120 valence electrons. The standard InChI is InChI=1S/C16H17FN4O2/c1-18-16(19-10-12-4-2-6-14(17)8-12)20-11-13-5-3-7-15(9-13)21(22)23/h2-9H,10-11H2,1H3,(H2,18,19,20). The molecule has 0 aromatic heterocycles. The molecular formula is C16H17FN4O2. The fourth-order valence-electron chi connectivity index (χ4n) is 2.02. The lowest BCUT2D eigenvalue weighted by Gasteiger charge is -2.12. The number of rotatable bonds is 5. The molecule has 2 aromatic carbocycles. The zero-order valence-electron chi connectivity index (χ0n) is 12.6. The first-order valence-electron chi connectivity index (χ1n) is 7.01. The van der Waals surface area contributed by atoms with Gasteiger partial charge in [-0.15, -0.1) is 0 Å². The van der Waals surface area contributed by atoms with E-state index in [2.05, 4.69) is 15.6 Å². The highest BCUT2D eigenvalue weighted by Gasteiger charge is 2.06. The number of nitro benzene ring substituents is 1. The van der Waals surface area contributed by atoms with Crippen LogP contribution in [0.15, 0.2) is 53.5 Å². The van der Waals surface area contributed by atoms with Gasteiger partial charge in [0.25, 0.3) is 5.69 Å². The summed E-state index contributed by atoms with van der Waals surface area (Å²) < 4.78 is 13.1. The summed E-state index contributed by atoms with van der Waals surface area (Å²) in [6, 6.07) is 12.7. The van der Waals surface area contributed by atoms with Gasteiger partial charge in [0.1, 0.15) is 5.82 Å². The predicted molar refractivity (Wildman–Crippen MR) is 86.5 cm³/mol. The summed E-state index contributed by atoms with van der Waals surface area (Å²) in [6.45, 7) is 0.816. The van der Waals surface area contributed by atoms with Gasteiger partial charge in [0.15, 0.2) is 5.96 Å². The van der Waals surface area contributed by atoms with Gasteiger partial charge < -0.3 is 10.6 Å². The van der Waals surface area contributed by atoms with Crippen molar-refractivity contribution in [2.75, 3.05) is 7.05 Å². The molecule has 0 aliphatic rings. The first-order valence-corrected chi connectivity index (χ1v) is 7.01. The molecule has 7 heteroatoms. The largest absolute Gasteiger partial charge is 0.352 e. The average Bonchev–Trinajstić information content (AvgIpc) is 2.55. The lowest BCUT2D eigenvalue weighted by atomic mass is 10.2. The topological polar surface area (TPSA) is 79.6 Å². The van der Waals surface area contributed by atoms with Crippen molar-refractivity contribution in [3.63, 3.8) is 0 Å². The summed E-state index contributed by atoms with van der Waals surface area (Å²) in [4.78, 5) is 14.4. The Morgan fingerprint density at radius 1 is 1.13 bits per heavy atom. The van der Waals surface area contributed by atoms with Crippen molar-refractivity contribution in [3.8, 4) is 0 Å². The van der Waals surface area contributed by atoms with E-state index in [0.717, 1.165) is 11.1 Å². The summed E-state index contributed by atoms with van der Waals surface area (Å²) in [5.41, 5.74) is 1.61. The number of guanidine groups is 1. The lowest BCUT2D eigenvalue weighted by molar-refractivity contribution is -0.384. The number of hydrogen-bond donors (Lipinski definition) is 2. The first kappa shape index (κ1) is 16.4. The van der Waals surface area contributed by atoms with Crippen molar-refractivity contribution in [3.05, 3.63) is 75.6 Å². The van der Waals surface area contributed by atoms with Crippen LogP contribution in [0.5, 0.6) is 0 Å². The third kappa shape index (κ3) is 5.06. The highest BCUT2D eigenvalue weighted by molar-refractivity contribution is 5.79. The van der Waals surface area contributed by atoms with Crippen LogP contribution in [-0.2, 0) is 13.1 Å². The number of halogens is 1. The van der Waals surface area contributed by atoms with Gasteiger partial charge in [-0.3, -0.25) is 15.1 Å². The molecule has 0 fully saturated rings. The van der Waals surface area contributed by atoms with Crippen molar-refractivity contribution in [1.82, 2.24) is 10.6 Å². The maximum Gasteiger partial charge on any atom is 0.269 e. The molecule has 0 saturated heterocycles. The highest BCUT2D eigenvalue weighted by atomic mass is 19.1. The van der Waals surface area contributed by atoms with Gasteiger partial charge in [-0.05, 0) is 23.3 Å². The van der Waals surface area contributed by atoms with Crippen molar-refractivity contribution < 1.29 is 9.31 Å². The number of aliphatic imine (C=N–C) groups is 1. The maximum atomic E-state index is 13.1. The molecule has 2 N–H and O–H groups in total. The normalized spacial score (nSPS) is 11.1. The van der Waals surface area contributed by atoms with Gasteiger partial charge in [-0.2, -0.15) is 0 Å². The Kier molecular flexibility index (Phi) is 5.62. The number of nitrogens with zero attached hydrogens (tertiary/aromatic N) is 2. The smallest absolute Gasteiger partial charge is 0.269 e. The first-order chi connectivity index (χ1) is 11.1. The van der Waals surface area contributed by atoms with E-state index in [4.69, 9.17) is 0 Å². The van der Waals surface area contributed by atoms with Crippen LogP contribution >= 0.6 is 0 Å². The number of benzene rings is 2. The predicted octanol–water partition coefficient (Wildman–Crippen LogP) is 2.60. The average molecular weight is 316 g/mol. The summed E-state index contributed by atoms with van der Waals surface area (Å²) in [6.07, 6.45) is 0. The van der Waals surface area contributed by atoms with Crippen molar-refractivity contribution >= 4 is 11.6 Å². The van der Waals surface area contributed by atoms with Crippen LogP contribution in [0.1, 0.15) is 11.1 Å². The van der Waals surface area contributed by atoms with Gasteiger partial charge in [0, 0.05) is 32.3 Å². The van der Waals surface area contributed by atoms with E-state index in [-0.39, 0.29) is 11.5 Å². The molecule has 0 spiro atoms. The summed E-state index contributed by atoms with van der Waals surface area (Å²) in [7, 11) is 1.62. The zero-order chi connectivity index (χ0) is 16.7. The molecular weight excluding hydrogens is 299 g/mol. The minimum atomic E-state index is -0.430. The molecule has 0 aliphatic carbocycles. The van der Waals surface area contributed by atoms with Crippen LogP contribution in [0.25, 0.3) is 0 Å². The summed E-state index contributed by atoms with van der Waals surface area (Å²) >= 11 is 0. The Labute approximate surface area is 133 Å². The van der Waals surface area contributed by atoms with Crippen molar-refractivity contribution in [1.29, 1.82) is 0 Å². The van der Waals surface area contributed by atoms with E-state index >= 15 is 0 Å². The van der Waals surface area contributed by atoms with Gasteiger partial charge in [0.2, 0.25) is 0 Å². The van der Waals surface area contributed by atoms with Crippen LogP contribution < -0.4 is 10.6 Å². The van der Waals surface area contributed by atoms with Crippen molar-refractivity contribution in [2.24, 2.45) is 4.99 Å². The highest BCUT2D eigenvalue weighted by Crippen LogP contribution is 2.12. The van der Waals surface area contributed by atoms with Crippen LogP contribution in [-0.4, -0.2) is 17.9 Å². The number of nitrogens with one attached hydrogen (secondary N) is 2. The molecule has 0 heterocycles. The SMILES string of the molecule is CN=C(NCc1cccc(F)c1)NCc1cccc([N+](=O)[O-])c1. The fraction of sp³-hybridized carbons (Fsp3) is 0.188. The second kappa shape index (κ2) is 7.88. The van der Waals surface area contributed by atoms with Crippen LogP contribution in [0.2, 0.25) is 0 Å². The van der Waals surface area contributed by atoms with Crippen LogP contribution in [0.4, 0.5) is 10.1 Å². The molecule has 0 atom stereocenters. The van der Waals surface area contributed by atoms with E-state index in [1.807, 2.05) is 6.07 Å². The van der Waals surface area contributed by atoms with Gasteiger partial charge in [0.05, 0.1) is 4.92 Å². The number of non-ortho nitro benzene ring substituents is 1. The van der Waals surface area contributed by atoms with E-state index in [1.165, 1.54) is 24.3 Å². The minimum absolute atomic E-state index is 0.0482.